The van der Waals surface area contributed by atoms with Gasteiger partial charge < -0.3 is 23.7 Å². The first kappa shape index (κ1) is 22.7. The van der Waals surface area contributed by atoms with E-state index in [2.05, 4.69) is 20.9 Å². The van der Waals surface area contributed by atoms with Crippen molar-refractivity contribution in [2.45, 2.75) is 6.92 Å². The van der Waals surface area contributed by atoms with Crippen LogP contribution >= 0.6 is 15.9 Å². The van der Waals surface area contributed by atoms with Crippen LogP contribution in [0.5, 0.6) is 23.0 Å². The van der Waals surface area contributed by atoms with E-state index in [9.17, 15) is 9.59 Å². The van der Waals surface area contributed by atoms with E-state index in [1.165, 1.54) is 0 Å². The maximum Gasteiger partial charge on any atom is 0.363 e. The molecule has 35 heavy (non-hydrogen) atoms. The highest BCUT2D eigenvalue weighted by atomic mass is 79.9. The predicted octanol–water partition coefficient (Wildman–Crippen LogP) is 5.14. The number of hydrogen-bond donors (Lipinski definition) is 0. The highest BCUT2D eigenvalue weighted by Gasteiger charge is 2.24. The van der Waals surface area contributed by atoms with Crippen molar-refractivity contribution in [3.05, 3.63) is 87.5 Å². The summed E-state index contributed by atoms with van der Waals surface area (Å²) in [6.07, 6.45) is 1.58. The Morgan fingerprint density at radius 1 is 1.03 bits per heavy atom. The van der Waals surface area contributed by atoms with Crippen molar-refractivity contribution >= 4 is 39.8 Å². The molecule has 0 amide bonds. The van der Waals surface area contributed by atoms with Gasteiger partial charge in [-0.1, -0.05) is 22.0 Å². The molecule has 0 spiro atoms. The predicted molar refractivity (Wildman–Crippen MR) is 130 cm³/mol. The number of benzene rings is 3. The van der Waals surface area contributed by atoms with Crippen LogP contribution in [-0.2, 0) is 9.53 Å². The maximum atomic E-state index is 12.7. The van der Waals surface area contributed by atoms with Crippen LogP contribution in [0.3, 0.4) is 0 Å². The monoisotopic (exact) mass is 535 g/mol. The summed E-state index contributed by atoms with van der Waals surface area (Å²) in [5, 5.41) is 0. The van der Waals surface area contributed by atoms with Gasteiger partial charge in [0.15, 0.2) is 28.7 Å². The molecular formula is C26H18BrNO7. The fraction of sp³-hybridized carbons (Fsp3) is 0.115. The minimum absolute atomic E-state index is 0.113. The molecule has 2 aliphatic rings. The summed E-state index contributed by atoms with van der Waals surface area (Å²) in [5.74, 6) is 0.748. The van der Waals surface area contributed by atoms with Crippen LogP contribution in [0.15, 0.2) is 75.8 Å². The van der Waals surface area contributed by atoms with Gasteiger partial charge in [-0.05, 0) is 73.2 Å². The fourth-order valence-electron chi connectivity index (χ4n) is 3.43. The normalized spacial score (nSPS) is 15.1. The van der Waals surface area contributed by atoms with Gasteiger partial charge in [0.2, 0.25) is 12.7 Å². The molecule has 2 aliphatic heterocycles. The highest BCUT2D eigenvalue weighted by Crippen LogP contribution is 2.34. The molecule has 0 aromatic heterocycles. The number of rotatable bonds is 6. The Balaban J connectivity index is 1.38. The molecular weight excluding hydrogens is 518 g/mol. The van der Waals surface area contributed by atoms with Gasteiger partial charge in [-0.2, -0.15) is 0 Å². The van der Waals surface area contributed by atoms with E-state index >= 15 is 0 Å². The topological polar surface area (TPSA) is 92.7 Å². The first-order valence-electron chi connectivity index (χ1n) is 10.7. The summed E-state index contributed by atoms with van der Waals surface area (Å²) in [6.45, 7) is 2.28. The summed E-state index contributed by atoms with van der Waals surface area (Å²) in [7, 11) is 0. The molecule has 0 saturated carbocycles. The lowest BCUT2D eigenvalue weighted by molar-refractivity contribution is -0.129. The summed E-state index contributed by atoms with van der Waals surface area (Å²) < 4.78 is 28.1. The number of ether oxygens (including phenoxy) is 5. The van der Waals surface area contributed by atoms with E-state index in [1.807, 2.05) is 19.1 Å². The smallest absolute Gasteiger partial charge is 0.363 e. The lowest BCUT2D eigenvalue weighted by Gasteiger charge is -2.11. The molecule has 0 saturated heterocycles. The lowest BCUT2D eigenvalue weighted by Crippen LogP contribution is -2.09. The van der Waals surface area contributed by atoms with Crippen molar-refractivity contribution in [1.29, 1.82) is 0 Å². The molecule has 176 valence electrons. The number of carbonyl (C=O) groups is 2. The minimum atomic E-state index is -0.571. The lowest BCUT2D eigenvalue weighted by atomic mass is 10.1. The zero-order valence-corrected chi connectivity index (χ0v) is 20.0. The van der Waals surface area contributed by atoms with Crippen LogP contribution in [0, 0.1) is 0 Å². The zero-order chi connectivity index (χ0) is 24.4. The van der Waals surface area contributed by atoms with Crippen LogP contribution < -0.4 is 18.9 Å². The van der Waals surface area contributed by atoms with Gasteiger partial charge in [-0.25, -0.2) is 14.6 Å². The molecule has 0 fully saturated rings. The number of nitrogens with zero attached hydrogens (tertiary/aromatic N) is 1. The second-order valence-corrected chi connectivity index (χ2v) is 8.36. The number of fused-ring (bicyclic) bond motifs is 1. The summed E-state index contributed by atoms with van der Waals surface area (Å²) >= 11 is 3.37. The molecule has 0 bridgehead atoms. The number of carbonyl (C=O) groups excluding carboxylic acids is 2. The van der Waals surface area contributed by atoms with Crippen LogP contribution in [0.2, 0.25) is 0 Å². The molecule has 3 aromatic rings. The Hall–Kier alpha value is -4.11. The molecule has 8 nitrogen and oxygen atoms in total. The second-order valence-electron chi connectivity index (χ2n) is 7.44. The van der Waals surface area contributed by atoms with Gasteiger partial charge >= 0.3 is 11.9 Å². The molecule has 0 N–H and O–H groups in total. The van der Waals surface area contributed by atoms with Crippen molar-refractivity contribution in [2.24, 2.45) is 4.99 Å². The van der Waals surface area contributed by atoms with Gasteiger partial charge in [0.1, 0.15) is 0 Å². The van der Waals surface area contributed by atoms with Crippen molar-refractivity contribution < 1.29 is 33.3 Å². The SMILES string of the molecule is CCOc1cc(/C=C2\N=C(c3ccc(Br)cc3)OC2=O)ccc1OC(=O)c1ccc2c(c1)OCO2. The molecule has 3 aromatic carbocycles. The number of aliphatic imine (C=N–C) groups is 1. The van der Waals surface area contributed by atoms with E-state index < -0.39 is 11.9 Å². The van der Waals surface area contributed by atoms with Gasteiger partial charge in [-0.15, -0.1) is 0 Å². The Morgan fingerprint density at radius 3 is 2.63 bits per heavy atom. The van der Waals surface area contributed by atoms with Crippen molar-refractivity contribution in [3.63, 3.8) is 0 Å². The number of cyclic esters (lactones) is 1. The van der Waals surface area contributed by atoms with E-state index in [0.29, 0.717) is 40.5 Å². The van der Waals surface area contributed by atoms with Crippen LogP contribution in [-0.4, -0.2) is 31.2 Å². The van der Waals surface area contributed by atoms with Crippen molar-refractivity contribution in [2.75, 3.05) is 13.4 Å². The Bertz CT molecular complexity index is 1380. The molecule has 0 atom stereocenters. The molecule has 0 radical (unpaired) electrons. The quantitative estimate of drug-likeness (QED) is 0.245. The van der Waals surface area contributed by atoms with Gasteiger partial charge in [-0.3, -0.25) is 0 Å². The molecule has 0 aliphatic carbocycles. The Labute approximate surface area is 208 Å². The van der Waals surface area contributed by atoms with Crippen LogP contribution in [0.1, 0.15) is 28.4 Å². The van der Waals surface area contributed by atoms with Gasteiger partial charge in [0.25, 0.3) is 0 Å². The molecule has 2 heterocycles. The minimum Gasteiger partial charge on any atom is -0.490 e. The van der Waals surface area contributed by atoms with Crippen LogP contribution in [0.25, 0.3) is 6.08 Å². The third-order valence-electron chi connectivity index (χ3n) is 5.09. The first-order valence-corrected chi connectivity index (χ1v) is 11.5. The molecule has 5 rings (SSSR count). The van der Waals surface area contributed by atoms with Crippen molar-refractivity contribution in [3.8, 4) is 23.0 Å². The maximum absolute atomic E-state index is 12.7. The third-order valence-corrected chi connectivity index (χ3v) is 5.62. The van der Waals surface area contributed by atoms with E-state index in [1.54, 1.807) is 54.6 Å². The van der Waals surface area contributed by atoms with E-state index in [4.69, 9.17) is 23.7 Å². The summed E-state index contributed by atoms with van der Waals surface area (Å²) in [6, 6.07) is 17.1. The standard InChI is InChI=1S/C26H18BrNO7/c1-2-31-22-12-15(11-19-26(30)35-24(28-19)16-4-7-18(27)8-5-16)3-9-21(22)34-25(29)17-6-10-20-23(13-17)33-14-32-20/h3-13H,2,14H2,1H3/b19-11-. The second kappa shape index (κ2) is 9.63. The van der Waals surface area contributed by atoms with Crippen molar-refractivity contribution in [1.82, 2.24) is 0 Å². The Kier molecular flexibility index (Phi) is 6.24. The summed E-state index contributed by atoms with van der Waals surface area (Å²) in [5.41, 5.74) is 1.77. The zero-order valence-electron chi connectivity index (χ0n) is 18.4. The third kappa shape index (κ3) is 4.90. The van der Waals surface area contributed by atoms with E-state index in [0.717, 1.165) is 4.47 Å². The average molecular weight is 536 g/mol. The Morgan fingerprint density at radius 2 is 1.83 bits per heavy atom. The largest absolute Gasteiger partial charge is 0.490 e. The highest BCUT2D eigenvalue weighted by molar-refractivity contribution is 9.10. The molecule has 9 heteroatoms. The average Bonchev–Trinajstić information content (AvgIpc) is 3.47. The van der Waals surface area contributed by atoms with Gasteiger partial charge in [0, 0.05) is 10.0 Å². The first-order chi connectivity index (χ1) is 17.0. The number of esters is 2. The number of halogens is 1. The van der Waals surface area contributed by atoms with Crippen LogP contribution in [0.4, 0.5) is 0 Å². The molecule has 0 unspecified atom stereocenters. The van der Waals surface area contributed by atoms with Gasteiger partial charge in [0.05, 0.1) is 12.2 Å². The fourth-order valence-corrected chi connectivity index (χ4v) is 3.70. The number of hydrogen-bond acceptors (Lipinski definition) is 8. The van der Waals surface area contributed by atoms with E-state index in [-0.39, 0.29) is 24.1 Å². The summed E-state index contributed by atoms with van der Waals surface area (Å²) in [4.78, 5) is 29.4.